The summed E-state index contributed by atoms with van der Waals surface area (Å²) in [6.45, 7) is 9.49. The van der Waals surface area contributed by atoms with Crippen LogP contribution in [0.1, 0.15) is 30.5 Å². The van der Waals surface area contributed by atoms with Crippen molar-refractivity contribution in [1.82, 2.24) is 5.32 Å². The lowest BCUT2D eigenvalue weighted by Gasteiger charge is -2.27. The molecule has 0 spiro atoms. The maximum atomic E-state index is 9.43. The van der Waals surface area contributed by atoms with E-state index in [1.807, 2.05) is 11.8 Å². The Balaban J connectivity index is 2.50. The molecule has 0 saturated carbocycles. The van der Waals surface area contributed by atoms with Crippen LogP contribution in [-0.2, 0) is 5.75 Å². The average Bonchev–Trinajstić information content (AvgIpc) is 2.28. The van der Waals surface area contributed by atoms with Crippen LogP contribution in [0.4, 0.5) is 0 Å². The molecule has 1 aromatic carbocycles. The van der Waals surface area contributed by atoms with E-state index in [9.17, 15) is 5.11 Å². The highest BCUT2D eigenvalue weighted by Gasteiger charge is 2.21. The molecule has 0 amide bonds. The molecule has 0 fully saturated rings. The van der Waals surface area contributed by atoms with Gasteiger partial charge in [0.25, 0.3) is 0 Å². The topological polar surface area (TPSA) is 32.3 Å². The van der Waals surface area contributed by atoms with Crippen molar-refractivity contribution < 1.29 is 5.11 Å². The highest BCUT2D eigenvalue weighted by atomic mass is 32.2. The van der Waals surface area contributed by atoms with E-state index in [0.29, 0.717) is 0 Å². The first-order valence-electron chi connectivity index (χ1n) is 6.50. The number of benzene rings is 1. The maximum Gasteiger partial charge on any atom is 0.0618 e. The van der Waals surface area contributed by atoms with Gasteiger partial charge in [-0.15, -0.1) is 0 Å². The second kappa shape index (κ2) is 7.17. The second-order valence-corrected chi connectivity index (χ2v) is 6.22. The van der Waals surface area contributed by atoms with E-state index < -0.39 is 0 Å². The Morgan fingerprint density at radius 2 is 1.83 bits per heavy atom. The summed E-state index contributed by atoms with van der Waals surface area (Å²) in [7, 11) is 0. The standard InChI is InChI=1S/C15H25NOS/c1-5-16-15(4,10-17)11-18-9-14-7-12(2)6-13(3)8-14/h6-8,16-17H,5,9-11H2,1-4H3. The van der Waals surface area contributed by atoms with Gasteiger partial charge in [-0.25, -0.2) is 0 Å². The number of hydrogen-bond acceptors (Lipinski definition) is 3. The molecule has 3 heteroatoms. The molecule has 0 bridgehead atoms. The Kier molecular flexibility index (Phi) is 6.19. The molecule has 2 nitrogen and oxygen atoms in total. The fourth-order valence-corrected chi connectivity index (χ4v) is 3.27. The van der Waals surface area contributed by atoms with Crippen molar-refractivity contribution in [3.63, 3.8) is 0 Å². The van der Waals surface area contributed by atoms with E-state index in [1.54, 1.807) is 0 Å². The molecule has 1 unspecified atom stereocenters. The number of rotatable bonds is 7. The Morgan fingerprint density at radius 1 is 1.22 bits per heavy atom. The number of aliphatic hydroxyl groups is 1. The van der Waals surface area contributed by atoms with Crippen LogP contribution in [0.25, 0.3) is 0 Å². The molecular formula is C15H25NOS. The molecule has 2 N–H and O–H groups in total. The summed E-state index contributed by atoms with van der Waals surface area (Å²) in [4.78, 5) is 0. The lowest BCUT2D eigenvalue weighted by atomic mass is 10.1. The van der Waals surface area contributed by atoms with E-state index in [1.165, 1.54) is 16.7 Å². The predicted octanol–water partition coefficient (Wildman–Crippen LogP) is 2.90. The van der Waals surface area contributed by atoms with Gasteiger partial charge in [-0.1, -0.05) is 36.2 Å². The minimum atomic E-state index is -0.168. The van der Waals surface area contributed by atoms with Crippen LogP contribution in [-0.4, -0.2) is 29.5 Å². The molecule has 1 rings (SSSR count). The first-order valence-corrected chi connectivity index (χ1v) is 7.65. The van der Waals surface area contributed by atoms with E-state index in [0.717, 1.165) is 18.1 Å². The normalized spacial score (nSPS) is 14.5. The van der Waals surface area contributed by atoms with E-state index in [2.05, 4.69) is 51.2 Å². The second-order valence-electron chi connectivity index (χ2n) is 5.24. The van der Waals surface area contributed by atoms with Gasteiger partial charge < -0.3 is 10.4 Å². The molecule has 0 aliphatic carbocycles. The van der Waals surface area contributed by atoms with Crippen LogP contribution < -0.4 is 5.32 Å². The summed E-state index contributed by atoms with van der Waals surface area (Å²) in [5, 5.41) is 12.8. The van der Waals surface area contributed by atoms with Crippen molar-refractivity contribution in [2.75, 3.05) is 18.9 Å². The summed E-state index contributed by atoms with van der Waals surface area (Å²) >= 11 is 1.87. The van der Waals surface area contributed by atoms with Crippen molar-refractivity contribution in [1.29, 1.82) is 0 Å². The molecule has 102 valence electrons. The Bertz CT molecular complexity index is 361. The molecule has 0 heterocycles. The van der Waals surface area contributed by atoms with Crippen molar-refractivity contribution in [3.8, 4) is 0 Å². The van der Waals surface area contributed by atoms with Gasteiger partial charge in [0.05, 0.1) is 6.61 Å². The van der Waals surface area contributed by atoms with Gasteiger partial charge in [0.15, 0.2) is 0 Å². The average molecular weight is 267 g/mol. The minimum absolute atomic E-state index is 0.168. The number of likely N-dealkylation sites (N-methyl/N-ethyl adjacent to an activating group) is 1. The largest absolute Gasteiger partial charge is 0.394 e. The maximum absolute atomic E-state index is 9.43. The first-order chi connectivity index (χ1) is 8.49. The number of hydrogen-bond donors (Lipinski definition) is 2. The molecule has 18 heavy (non-hydrogen) atoms. The van der Waals surface area contributed by atoms with Gasteiger partial charge in [-0.3, -0.25) is 0 Å². The lowest BCUT2D eigenvalue weighted by Crippen LogP contribution is -2.47. The fraction of sp³-hybridized carbons (Fsp3) is 0.600. The van der Waals surface area contributed by atoms with Gasteiger partial charge in [0.1, 0.15) is 0 Å². The third-order valence-electron chi connectivity index (χ3n) is 2.92. The molecule has 1 atom stereocenters. The van der Waals surface area contributed by atoms with Crippen LogP contribution >= 0.6 is 11.8 Å². The Labute approximate surface area is 115 Å². The smallest absolute Gasteiger partial charge is 0.0618 e. The van der Waals surface area contributed by atoms with Gasteiger partial charge in [0, 0.05) is 17.0 Å². The number of thioether (sulfide) groups is 1. The van der Waals surface area contributed by atoms with E-state index in [-0.39, 0.29) is 12.1 Å². The third kappa shape index (κ3) is 5.01. The van der Waals surface area contributed by atoms with E-state index in [4.69, 9.17) is 0 Å². The molecule has 0 aliphatic rings. The fourth-order valence-electron chi connectivity index (χ4n) is 2.13. The third-order valence-corrected chi connectivity index (χ3v) is 4.30. The molecular weight excluding hydrogens is 242 g/mol. The molecule has 0 saturated heterocycles. The van der Waals surface area contributed by atoms with Crippen molar-refractivity contribution >= 4 is 11.8 Å². The van der Waals surface area contributed by atoms with Gasteiger partial charge in [-0.05, 0) is 32.9 Å². The van der Waals surface area contributed by atoms with Crippen molar-refractivity contribution in [2.45, 2.75) is 39.0 Å². The van der Waals surface area contributed by atoms with Crippen LogP contribution in [0, 0.1) is 13.8 Å². The van der Waals surface area contributed by atoms with E-state index >= 15 is 0 Å². The molecule has 0 aliphatic heterocycles. The van der Waals surface area contributed by atoms with Gasteiger partial charge in [0.2, 0.25) is 0 Å². The number of aliphatic hydroxyl groups excluding tert-OH is 1. The van der Waals surface area contributed by atoms with Gasteiger partial charge in [-0.2, -0.15) is 11.8 Å². The van der Waals surface area contributed by atoms with Crippen molar-refractivity contribution in [3.05, 3.63) is 34.9 Å². The summed E-state index contributed by atoms with van der Waals surface area (Å²) in [5.41, 5.74) is 3.84. The highest BCUT2D eigenvalue weighted by Crippen LogP contribution is 2.19. The summed E-state index contributed by atoms with van der Waals surface area (Å²) < 4.78 is 0. The highest BCUT2D eigenvalue weighted by molar-refractivity contribution is 7.98. The first kappa shape index (κ1) is 15.5. The van der Waals surface area contributed by atoms with Crippen LogP contribution in [0.5, 0.6) is 0 Å². The number of nitrogens with one attached hydrogen (secondary N) is 1. The van der Waals surface area contributed by atoms with Crippen molar-refractivity contribution in [2.24, 2.45) is 0 Å². The summed E-state index contributed by atoms with van der Waals surface area (Å²) in [6.07, 6.45) is 0. The summed E-state index contributed by atoms with van der Waals surface area (Å²) in [5.74, 6) is 1.92. The molecule has 1 aromatic rings. The quantitative estimate of drug-likeness (QED) is 0.797. The minimum Gasteiger partial charge on any atom is -0.394 e. The Morgan fingerprint density at radius 3 is 2.33 bits per heavy atom. The van der Waals surface area contributed by atoms with Crippen LogP contribution in [0.2, 0.25) is 0 Å². The monoisotopic (exact) mass is 267 g/mol. The van der Waals surface area contributed by atoms with Gasteiger partial charge >= 0.3 is 0 Å². The summed E-state index contributed by atoms with van der Waals surface area (Å²) in [6, 6.07) is 6.68. The molecule has 0 aromatic heterocycles. The zero-order valence-electron chi connectivity index (χ0n) is 11.9. The zero-order valence-corrected chi connectivity index (χ0v) is 12.7. The van der Waals surface area contributed by atoms with Crippen LogP contribution in [0.15, 0.2) is 18.2 Å². The predicted molar refractivity (Wildman–Crippen MR) is 81.2 cm³/mol. The zero-order chi connectivity index (χ0) is 13.6. The SMILES string of the molecule is CCNC(C)(CO)CSCc1cc(C)cc(C)c1. The molecule has 0 radical (unpaired) electrons. The Hall–Kier alpha value is -0.510. The number of aryl methyl sites for hydroxylation is 2. The lowest BCUT2D eigenvalue weighted by molar-refractivity contribution is 0.194. The van der Waals surface area contributed by atoms with Crippen LogP contribution in [0.3, 0.4) is 0 Å².